The van der Waals surface area contributed by atoms with Crippen LogP contribution in [0, 0.1) is 12.3 Å². The number of hydrogen-bond donors (Lipinski definition) is 4. The van der Waals surface area contributed by atoms with Gasteiger partial charge >= 0.3 is 12.1 Å². The first-order valence-corrected chi connectivity index (χ1v) is 8.50. The molecule has 146 valence electrons. The monoisotopic (exact) mass is 376 g/mol. The first kappa shape index (κ1) is 22.0. The molecule has 0 radical (unpaired) electrons. The molecule has 1 aromatic carbocycles. The first-order valence-electron chi connectivity index (χ1n) is 8.50. The third kappa shape index (κ3) is 9.87. The van der Waals surface area contributed by atoms with E-state index in [4.69, 9.17) is 16.3 Å². The largest absolute Gasteiger partial charge is 0.480 e. The highest BCUT2D eigenvalue weighted by molar-refractivity contribution is 5.83. The lowest BCUT2D eigenvalue weighted by Crippen LogP contribution is -2.43. The van der Waals surface area contributed by atoms with Gasteiger partial charge in [-0.15, -0.1) is 12.3 Å². The van der Waals surface area contributed by atoms with E-state index >= 15 is 0 Å². The molecule has 2 amide bonds. The zero-order chi connectivity index (χ0) is 20.1. The number of carboxylic acids is 1. The summed E-state index contributed by atoms with van der Waals surface area (Å²) in [5, 5.41) is 23.6. The fourth-order valence-electron chi connectivity index (χ4n) is 2.18. The molecule has 0 fully saturated rings. The van der Waals surface area contributed by atoms with Gasteiger partial charge in [-0.3, -0.25) is 4.79 Å². The van der Waals surface area contributed by atoms with E-state index in [1.807, 2.05) is 18.2 Å². The number of aliphatic carboxylic acids is 1. The highest BCUT2D eigenvalue weighted by Crippen LogP contribution is 2.03. The maximum absolute atomic E-state index is 11.8. The van der Waals surface area contributed by atoms with Gasteiger partial charge in [0.15, 0.2) is 0 Å². The van der Waals surface area contributed by atoms with Gasteiger partial charge in [-0.1, -0.05) is 30.3 Å². The highest BCUT2D eigenvalue weighted by Gasteiger charge is 2.21. The van der Waals surface area contributed by atoms with Gasteiger partial charge in [-0.05, 0) is 18.4 Å². The van der Waals surface area contributed by atoms with Gasteiger partial charge in [0.2, 0.25) is 5.91 Å². The molecular formula is C19H24N2O6. The van der Waals surface area contributed by atoms with Crippen molar-refractivity contribution >= 4 is 18.0 Å². The Morgan fingerprint density at radius 3 is 2.56 bits per heavy atom. The summed E-state index contributed by atoms with van der Waals surface area (Å²) in [6.45, 7) is -0.114. The minimum Gasteiger partial charge on any atom is -0.480 e. The quantitative estimate of drug-likeness (QED) is 0.338. The van der Waals surface area contributed by atoms with Gasteiger partial charge in [-0.25, -0.2) is 9.59 Å². The second-order valence-corrected chi connectivity index (χ2v) is 5.86. The van der Waals surface area contributed by atoms with Gasteiger partial charge in [0.1, 0.15) is 12.6 Å². The van der Waals surface area contributed by atoms with Crippen LogP contribution < -0.4 is 10.6 Å². The Morgan fingerprint density at radius 1 is 1.22 bits per heavy atom. The van der Waals surface area contributed by atoms with Crippen LogP contribution in [0.5, 0.6) is 0 Å². The number of amides is 2. The lowest BCUT2D eigenvalue weighted by atomic mass is 10.1. The van der Waals surface area contributed by atoms with E-state index in [1.165, 1.54) is 0 Å². The molecule has 0 aromatic heterocycles. The first-order chi connectivity index (χ1) is 12.9. The fraction of sp³-hybridized carbons (Fsp3) is 0.421. The molecule has 27 heavy (non-hydrogen) atoms. The predicted molar refractivity (Wildman–Crippen MR) is 97.5 cm³/mol. The number of aliphatic hydroxyl groups is 1. The predicted octanol–water partition coefficient (Wildman–Crippen LogP) is 1.04. The molecule has 0 spiro atoms. The Labute approximate surface area is 157 Å². The van der Waals surface area contributed by atoms with Crippen molar-refractivity contribution < 1.29 is 29.3 Å². The molecule has 0 bridgehead atoms. The zero-order valence-electron chi connectivity index (χ0n) is 14.9. The molecular weight excluding hydrogens is 352 g/mol. The van der Waals surface area contributed by atoms with Gasteiger partial charge < -0.3 is 25.6 Å². The molecule has 2 atom stereocenters. The SMILES string of the molecule is C#CCCC[C@@H](NC(=O)C[C@@H](O)CNC(=O)OCc1ccccc1)C(=O)O. The zero-order valence-corrected chi connectivity index (χ0v) is 14.9. The molecule has 8 nitrogen and oxygen atoms in total. The molecule has 0 aliphatic heterocycles. The number of rotatable bonds is 11. The van der Waals surface area contributed by atoms with Crippen molar-refractivity contribution in [1.29, 1.82) is 0 Å². The summed E-state index contributed by atoms with van der Waals surface area (Å²) < 4.78 is 4.98. The Kier molecular flexibility index (Phi) is 10.0. The van der Waals surface area contributed by atoms with Crippen molar-refractivity contribution in [1.82, 2.24) is 10.6 Å². The van der Waals surface area contributed by atoms with E-state index < -0.39 is 30.1 Å². The van der Waals surface area contributed by atoms with Gasteiger partial charge in [0, 0.05) is 13.0 Å². The average Bonchev–Trinajstić information content (AvgIpc) is 2.64. The van der Waals surface area contributed by atoms with Crippen LogP contribution in [0.1, 0.15) is 31.2 Å². The van der Waals surface area contributed by atoms with Crippen molar-refractivity contribution in [3.8, 4) is 12.3 Å². The third-order valence-corrected chi connectivity index (χ3v) is 3.56. The van der Waals surface area contributed by atoms with Gasteiger partial charge in [-0.2, -0.15) is 0 Å². The number of aliphatic hydroxyl groups excluding tert-OH is 1. The maximum Gasteiger partial charge on any atom is 0.407 e. The van der Waals surface area contributed by atoms with Crippen molar-refractivity contribution in [2.75, 3.05) is 6.54 Å². The Balaban J connectivity index is 2.28. The Hall–Kier alpha value is -3.05. The van der Waals surface area contributed by atoms with Crippen LogP contribution in [0.2, 0.25) is 0 Å². The Morgan fingerprint density at radius 2 is 1.93 bits per heavy atom. The number of unbranched alkanes of at least 4 members (excludes halogenated alkanes) is 1. The summed E-state index contributed by atoms with van der Waals surface area (Å²) in [7, 11) is 0. The second-order valence-electron chi connectivity index (χ2n) is 5.86. The second kappa shape index (κ2) is 12.3. The number of hydrogen-bond acceptors (Lipinski definition) is 5. The molecule has 0 aliphatic carbocycles. The number of carbonyl (C=O) groups excluding carboxylic acids is 2. The summed E-state index contributed by atoms with van der Waals surface area (Å²) in [4.78, 5) is 34.5. The molecule has 0 unspecified atom stereocenters. The van der Waals surface area contributed by atoms with E-state index in [-0.39, 0.29) is 26.0 Å². The van der Waals surface area contributed by atoms with Crippen LogP contribution in [-0.2, 0) is 20.9 Å². The van der Waals surface area contributed by atoms with E-state index in [1.54, 1.807) is 12.1 Å². The number of benzene rings is 1. The maximum atomic E-state index is 11.8. The van der Waals surface area contributed by atoms with Crippen LogP contribution in [0.15, 0.2) is 30.3 Å². The normalized spacial score (nSPS) is 12.3. The summed E-state index contributed by atoms with van der Waals surface area (Å²) in [6, 6.07) is 8.01. The number of alkyl carbamates (subject to hydrolysis) is 1. The smallest absolute Gasteiger partial charge is 0.407 e. The number of nitrogens with one attached hydrogen (secondary N) is 2. The van der Waals surface area contributed by atoms with Crippen molar-refractivity contribution in [2.24, 2.45) is 0 Å². The minimum atomic E-state index is -1.17. The summed E-state index contributed by atoms with van der Waals surface area (Å²) in [6.07, 6.45) is 3.94. The average molecular weight is 376 g/mol. The number of carbonyl (C=O) groups is 3. The van der Waals surface area contributed by atoms with E-state index in [0.717, 1.165) is 5.56 Å². The third-order valence-electron chi connectivity index (χ3n) is 3.56. The van der Waals surface area contributed by atoms with Crippen LogP contribution in [0.3, 0.4) is 0 Å². The molecule has 0 saturated carbocycles. The fourth-order valence-corrected chi connectivity index (χ4v) is 2.18. The summed E-state index contributed by atoms with van der Waals surface area (Å²) in [5.74, 6) is 0.599. The Bertz CT molecular complexity index is 656. The highest BCUT2D eigenvalue weighted by atomic mass is 16.5. The number of carboxylic acid groups (broad SMARTS) is 1. The van der Waals surface area contributed by atoms with Crippen LogP contribution in [-0.4, -0.2) is 46.9 Å². The van der Waals surface area contributed by atoms with E-state index in [2.05, 4.69) is 16.6 Å². The molecule has 1 rings (SSSR count). The van der Waals surface area contributed by atoms with Crippen molar-refractivity contribution in [3.63, 3.8) is 0 Å². The minimum absolute atomic E-state index is 0.0845. The molecule has 0 aliphatic rings. The lowest BCUT2D eigenvalue weighted by Gasteiger charge is -2.16. The molecule has 4 N–H and O–H groups in total. The molecule has 8 heteroatoms. The van der Waals surface area contributed by atoms with Gasteiger partial charge in [0.25, 0.3) is 0 Å². The lowest BCUT2D eigenvalue weighted by molar-refractivity contribution is -0.142. The topological polar surface area (TPSA) is 125 Å². The summed E-state index contributed by atoms with van der Waals surface area (Å²) in [5.41, 5.74) is 0.817. The molecule has 1 aromatic rings. The van der Waals surface area contributed by atoms with E-state index in [9.17, 15) is 19.5 Å². The van der Waals surface area contributed by atoms with Gasteiger partial charge in [0.05, 0.1) is 12.5 Å². The van der Waals surface area contributed by atoms with Crippen LogP contribution >= 0.6 is 0 Å². The van der Waals surface area contributed by atoms with E-state index in [0.29, 0.717) is 12.8 Å². The van der Waals surface area contributed by atoms with Crippen LogP contribution in [0.4, 0.5) is 4.79 Å². The molecule has 0 saturated heterocycles. The van der Waals surface area contributed by atoms with Crippen molar-refractivity contribution in [3.05, 3.63) is 35.9 Å². The molecule has 0 heterocycles. The number of ether oxygens (including phenoxy) is 1. The van der Waals surface area contributed by atoms with Crippen LogP contribution in [0.25, 0.3) is 0 Å². The summed E-state index contributed by atoms with van der Waals surface area (Å²) >= 11 is 0. The van der Waals surface area contributed by atoms with Crippen molar-refractivity contribution in [2.45, 2.75) is 44.4 Å². The standard InChI is InChI=1S/C19H24N2O6/c1-2-3-5-10-16(18(24)25)21-17(23)11-15(22)12-20-19(26)27-13-14-8-6-4-7-9-14/h1,4,6-9,15-16,22H,3,5,10-13H2,(H,20,26)(H,21,23)(H,24,25)/t15-,16-/m1/s1. The number of terminal acetylenes is 1.